The normalized spacial score (nSPS) is 14.5. The Balaban J connectivity index is 2.84. The first-order valence-electron chi connectivity index (χ1n) is 4.78. The Kier molecular flexibility index (Phi) is 3.31. The van der Waals surface area contributed by atoms with Gasteiger partial charge >= 0.3 is 5.97 Å². The summed E-state index contributed by atoms with van der Waals surface area (Å²) in [4.78, 5) is 10.9. The van der Waals surface area contributed by atoms with Crippen LogP contribution in [0.15, 0.2) is 24.3 Å². The number of phenols is 1. The Hall–Kier alpha value is -1.55. The molecule has 0 bridgehead atoms. The summed E-state index contributed by atoms with van der Waals surface area (Å²) in [5.41, 5.74) is 5.33. The highest BCUT2D eigenvalue weighted by Crippen LogP contribution is 2.17. The summed E-state index contributed by atoms with van der Waals surface area (Å²) in [6.07, 6.45) is 0.627. The summed E-state index contributed by atoms with van der Waals surface area (Å²) in [6, 6.07) is 6.39. The first-order valence-corrected chi connectivity index (χ1v) is 4.78. The molecule has 0 fully saturated rings. The van der Waals surface area contributed by atoms with Gasteiger partial charge in [0.25, 0.3) is 0 Å². The van der Waals surface area contributed by atoms with Crippen LogP contribution in [0.3, 0.4) is 0 Å². The average molecular weight is 209 g/mol. The molecule has 4 N–H and O–H groups in total. The van der Waals surface area contributed by atoms with Crippen LogP contribution in [0.1, 0.15) is 18.9 Å². The average Bonchev–Trinajstić information content (AvgIpc) is 2.21. The molecule has 1 atom stereocenters. The van der Waals surface area contributed by atoms with Crippen molar-refractivity contribution in [1.29, 1.82) is 0 Å². The first kappa shape index (κ1) is 11.5. The summed E-state index contributed by atoms with van der Waals surface area (Å²) < 4.78 is 0. The fourth-order valence-electron chi connectivity index (χ4n) is 1.33. The van der Waals surface area contributed by atoms with Gasteiger partial charge in [-0.2, -0.15) is 0 Å². The van der Waals surface area contributed by atoms with Gasteiger partial charge in [0.15, 0.2) is 0 Å². The van der Waals surface area contributed by atoms with Crippen LogP contribution in [0.5, 0.6) is 5.75 Å². The van der Waals surface area contributed by atoms with E-state index in [0.717, 1.165) is 5.56 Å². The van der Waals surface area contributed by atoms with E-state index in [4.69, 9.17) is 15.9 Å². The van der Waals surface area contributed by atoms with Crippen LogP contribution in [-0.2, 0) is 11.2 Å². The SMILES string of the molecule is CC[C@@](N)(Cc1ccc(O)cc1)C(=O)O. The van der Waals surface area contributed by atoms with Crippen molar-refractivity contribution in [2.24, 2.45) is 5.73 Å². The van der Waals surface area contributed by atoms with Gasteiger partial charge in [0.1, 0.15) is 11.3 Å². The highest BCUT2D eigenvalue weighted by atomic mass is 16.4. The Morgan fingerprint density at radius 3 is 2.33 bits per heavy atom. The molecule has 0 aliphatic rings. The minimum atomic E-state index is -1.23. The molecule has 4 nitrogen and oxygen atoms in total. The summed E-state index contributed by atoms with van der Waals surface area (Å²) >= 11 is 0. The lowest BCUT2D eigenvalue weighted by atomic mass is 9.89. The van der Waals surface area contributed by atoms with Crippen LogP contribution >= 0.6 is 0 Å². The third kappa shape index (κ3) is 2.70. The van der Waals surface area contributed by atoms with E-state index in [2.05, 4.69) is 0 Å². The number of hydrogen-bond acceptors (Lipinski definition) is 3. The highest BCUT2D eigenvalue weighted by molar-refractivity contribution is 5.78. The third-order valence-corrected chi connectivity index (χ3v) is 2.51. The lowest BCUT2D eigenvalue weighted by molar-refractivity contribution is -0.143. The van der Waals surface area contributed by atoms with Crippen molar-refractivity contribution in [3.63, 3.8) is 0 Å². The highest BCUT2D eigenvalue weighted by Gasteiger charge is 2.31. The van der Waals surface area contributed by atoms with Gasteiger partial charge < -0.3 is 15.9 Å². The minimum absolute atomic E-state index is 0.160. The third-order valence-electron chi connectivity index (χ3n) is 2.51. The molecule has 0 amide bonds. The van der Waals surface area contributed by atoms with E-state index in [-0.39, 0.29) is 12.2 Å². The van der Waals surface area contributed by atoms with Gasteiger partial charge in [-0.05, 0) is 24.1 Å². The number of hydrogen-bond donors (Lipinski definition) is 3. The molecule has 1 rings (SSSR count). The molecular weight excluding hydrogens is 194 g/mol. The monoisotopic (exact) mass is 209 g/mol. The minimum Gasteiger partial charge on any atom is -0.508 e. The van der Waals surface area contributed by atoms with Crippen molar-refractivity contribution >= 4 is 5.97 Å². The Morgan fingerprint density at radius 1 is 1.40 bits per heavy atom. The molecule has 0 aromatic heterocycles. The zero-order valence-electron chi connectivity index (χ0n) is 8.60. The lowest BCUT2D eigenvalue weighted by Crippen LogP contribution is -2.49. The fourth-order valence-corrected chi connectivity index (χ4v) is 1.33. The predicted octanol–water partition coefficient (Wildman–Crippen LogP) is 1.13. The molecule has 0 aliphatic heterocycles. The van der Waals surface area contributed by atoms with Gasteiger partial charge in [-0.3, -0.25) is 4.79 Å². The molecule has 0 heterocycles. The van der Waals surface area contributed by atoms with Gasteiger partial charge in [0.05, 0.1) is 0 Å². The lowest BCUT2D eigenvalue weighted by Gasteiger charge is -2.22. The van der Waals surface area contributed by atoms with Crippen molar-refractivity contribution < 1.29 is 15.0 Å². The quantitative estimate of drug-likeness (QED) is 0.694. The molecule has 0 saturated heterocycles. The van der Waals surface area contributed by atoms with E-state index in [0.29, 0.717) is 6.42 Å². The Labute approximate surface area is 88.3 Å². The van der Waals surface area contributed by atoms with Gasteiger partial charge in [-0.1, -0.05) is 19.1 Å². The molecule has 1 aromatic rings. The van der Waals surface area contributed by atoms with E-state index in [1.807, 2.05) is 0 Å². The number of phenolic OH excluding ortho intramolecular Hbond substituents is 1. The molecule has 4 heteroatoms. The maximum Gasteiger partial charge on any atom is 0.324 e. The second kappa shape index (κ2) is 4.31. The number of nitrogens with two attached hydrogens (primary N) is 1. The van der Waals surface area contributed by atoms with E-state index in [1.165, 1.54) is 12.1 Å². The van der Waals surface area contributed by atoms with Crippen LogP contribution in [0.2, 0.25) is 0 Å². The maximum atomic E-state index is 10.9. The van der Waals surface area contributed by atoms with Crippen LogP contribution in [0.25, 0.3) is 0 Å². The number of benzene rings is 1. The molecule has 0 unspecified atom stereocenters. The second-order valence-corrected chi connectivity index (χ2v) is 3.66. The van der Waals surface area contributed by atoms with E-state index in [9.17, 15) is 4.79 Å². The van der Waals surface area contributed by atoms with Crippen molar-refractivity contribution in [1.82, 2.24) is 0 Å². The van der Waals surface area contributed by atoms with Crippen molar-refractivity contribution in [3.05, 3.63) is 29.8 Å². The van der Waals surface area contributed by atoms with Crippen molar-refractivity contribution in [2.75, 3.05) is 0 Å². The molecule has 0 saturated carbocycles. The number of aromatic hydroxyl groups is 1. The number of rotatable bonds is 4. The molecule has 0 aliphatic carbocycles. The van der Waals surface area contributed by atoms with Crippen LogP contribution in [0, 0.1) is 0 Å². The van der Waals surface area contributed by atoms with Crippen LogP contribution in [-0.4, -0.2) is 21.7 Å². The van der Waals surface area contributed by atoms with E-state index < -0.39 is 11.5 Å². The first-order chi connectivity index (χ1) is 6.98. The predicted molar refractivity (Wildman–Crippen MR) is 56.7 cm³/mol. The zero-order chi connectivity index (χ0) is 11.5. The van der Waals surface area contributed by atoms with Gasteiger partial charge in [0.2, 0.25) is 0 Å². The Morgan fingerprint density at radius 2 is 1.93 bits per heavy atom. The van der Waals surface area contributed by atoms with Crippen LogP contribution < -0.4 is 5.73 Å². The molecule has 1 aromatic carbocycles. The number of aliphatic carboxylic acids is 1. The van der Waals surface area contributed by atoms with Crippen LogP contribution in [0.4, 0.5) is 0 Å². The molecule has 0 spiro atoms. The van der Waals surface area contributed by atoms with Crippen molar-refractivity contribution in [3.8, 4) is 5.75 Å². The van der Waals surface area contributed by atoms with Gasteiger partial charge in [-0.25, -0.2) is 0 Å². The number of carboxylic acids is 1. The summed E-state index contributed by atoms with van der Waals surface area (Å²) in [7, 11) is 0. The largest absolute Gasteiger partial charge is 0.508 e. The zero-order valence-corrected chi connectivity index (χ0v) is 8.60. The number of carbonyl (C=O) groups is 1. The topological polar surface area (TPSA) is 83.5 Å². The maximum absolute atomic E-state index is 10.9. The Bertz CT molecular complexity index is 347. The molecule has 82 valence electrons. The summed E-state index contributed by atoms with van der Waals surface area (Å²) in [5, 5.41) is 18.0. The summed E-state index contributed by atoms with van der Waals surface area (Å²) in [5.74, 6) is -0.841. The van der Waals surface area contributed by atoms with Crippen molar-refractivity contribution in [2.45, 2.75) is 25.3 Å². The second-order valence-electron chi connectivity index (χ2n) is 3.66. The van der Waals surface area contributed by atoms with Gasteiger partial charge in [-0.15, -0.1) is 0 Å². The standard InChI is InChI=1S/C11H15NO3/c1-2-11(12,10(14)15)7-8-3-5-9(13)6-4-8/h3-6,13H,2,7,12H2,1H3,(H,14,15)/t11-/m1/s1. The molecule has 0 radical (unpaired) electrons. The van der Waals surface area contributed by atoms with E-state index >= 15 is 0 Å². The molecule has 15 heavy (non-hydrogen) atoms. The molecular formula is C11H15NO3. The van der Waals surface area contributed by atoms with E-state index in [1.54, 1.807) is 19.1 Å². The summed E-state index contributed by atoms with van der Waals surface area (Å²) in [6.45, 7) is 1.74. The number of carboxylic acid groups (broad SMARTS) is 1. The fraction of sp³-hybridized carbons (Fsp3) is 0.364. The smallest absolute Gasteiger partial charge is 0.324 e. The van der Waals surface area contributed by atoms with Gasteiger partial charge in [0, 0.05) is 6.42 Å².